The van der Waals surface area contributed by atoms with Crippen LogP contribution >= 0.6 is 0 Å². The van der Waals surface area contributed by atoms with Crippen LogP contribution < -0.4 is 4.90 Å². The van der Waals surface area contributed by atoms with Gasteiger partial charge in [-0.05, 0) is 33.2 Å². The molecular weight excluding hydrogens is 330 g/mol. The predicted molar refractivity (Wildman–Crippen MR) is 102 cm³/mol. The molecule has 0 saturated carbocycles. The van der Waals surface area contributed by atoms with E-state index in [0.29, 0.717) is 12.5 Å². The van der Waals surface area contributed by atoms with Gasteiger partial charge in [0.2, 0.25) is 5.91 Å². The number of hydrogen-bond donors (Lipinski definition) is 0. The molecule has 1 aromatic rings. The van der Waals surface area contributed by atoms with Crippen LogP contribution in [0.4, 0.5) is 5.82 Å². The van der Waals surface area contributed by atoms with Crippen molar-refractivity contribution in [3.05, 3.63) is 17.6 Å². The third kappa shape index (κ3) is 4.71. The Kier molecular flexibility index (Phi) is 6.43. The van der Waals surface area contributed by atoms with Crippen LogP contribution in [0, 0.1) is 6.92 Å². The van der Waals surface area contributed by atoms with Gasteiger partial charge in [-0.3, -0.25) is 9.69 Å². The van der Waals surface area contributed by atoms with Crippen molar-refractivity contribution in [2.75, 3.05) is 64.4 Å². The van der Waals surface area contributed by atoms with E-state index < -0.39 is 0 Å². The number of anilines is 1. The second kappa shape index (κ2) is 8.77. The van der Waals surface area contributed by atoms with Gasteiger partial charge in [-0.25, -0.2) is 9.97 Å². The molecule has 2 saturated heterocycles. The molecule has 0 spiro atoms. The Balaban J connectivity index is 1.69. The van der Waals surface area contributed by atoms with Crippen molar-refractivity contribution < 1.29 is 9.53 Å². The highest BCUT2D eigenvalue weighted by molar-refractivity contribution is 5.77. The highest BCUT2D eigenvalue weighted by atomic mass is 16.5. The van der Waals surface area contributed by atoms with Gasteiger partial charge in [0, 0.05) is 45.2 Å². The average Bonchev–Trinajstić information content (AvgIpc) is 2.67. The van der Waals surface area contributed by atoms with E-state index in [-0.39, 0.29) is 5.91 Å². The Morgan fingerprint density at radius 2 is 2.08 bits per heavy atom. The maximum atomic E-state index is 12.2. The molecule has 26 heavy (non-hydrogen) atoms. The lowest BCUT2D eigenvalue weighted by Crippen LogP contribution is -2.42. The van der Waals surface area contributed by atoms with Crippen LogP contribution in [0.1, 0.15) is 37.2 Å². The molecule has 144 valence electrons. The minimum Gasteiger partial charge on any atom is -0.378 e. The van der Waals surface area contributed by atoms with Crippen LogP contribution in [0.2, 0.25) is 0 Å². The second-order valence-corrected chi connectivity index (χ2v) is 7.28. The minimum atomic E-state index is 0.195. The van der Waals surface area contributed by atoms with Crippen molar-refractivity contribution in [3.63, 3.8) is 0 Å². The van der Waals surface area contributed by atoms with Crippen molar-refractivity contribution in [3.8, 4) is 0 Å². The molecule has 0 bridgehead atoms. The van der Waals surface area contributed by atoms with Crippen LogP contribution in [0.15, 0.2) is 6.07 Å². The molecule has 1 atom stereocenters. The van der Waals surface area contributed by atoms with E-state index in [1.807, 2.05) is 20.9 Å². The number of likely N-dealkylation sites (tertiary alicyclic amines) is 1. The molecule has 0 N–H and O–H groups in total. The summed E-state index contributed by atoms with van der Waals surface area (Å²) in [6, 6.07) is 2.15. The van der Waals surface area contributed by atoms with Gasteiger partial charge in [0.05, 0.1) is 25.5 Å². The summed E-state index contributed by atoms with van der Waals surface area (Å²) in [6.07, 6.45) is 2.22. The topological polar surface area (TPSA) is 61.8 Å². The SMILES string of the molecule is CCN(C)C(=O)CN1CCCC(c2cc(N3CCOCC3)nc(C)n2)C1. The van der Waals surface area contributed by atoms with Crippen molar-refractivity contribution in [1.82, 2.24) is 19.8 Å². The number of ether oxygens (including phenoxy) is 1. The molecule has 0 aliphatic carbocycles. The highest BCUT2D eigenvalue weighted by Gasteiger charge is 2.26. The second-order valence-electron chi connectivity index (χ2n) is 7.28. The zero-order valence-electron chi connectivity index (χ0n) is 16.3. The Labute approximate surface area is 156 Å². The molecule has 0 radical (unpaired) electrons. The van der Waals surface area contributed by atoms with Gasteiger partial charge < -0.3 is 14.5 Å². The number of aryl methyl sites for hydroxylation is 1. The molecular formula is C19H31N5O2. The quantitative estimate of drug-likeness (QED) is 0.787. The predicted octanol–water partition coefficient (Wildman–Crippen LogP) is 1.28. The van der Waals surface area contributed by atoms with Gasteiger partial charge >= 0.3 is 0 Å². The number of morpholine rings is 1. The summed E-state index contributed by atoms with van der Waals surface area (Å²) in [7, 11) is 1.87. The van der Waals surface area contributed by atoms with E-state index in [4.69, 9.17) is 9.72 Å². The van der Waals surface area contributed by atoms with Crippen molar-refractivity contribution in [2.24, 2.45) is 0 Å². The monoisotopic (exact) mass is 361 g/mol. The summed E-state index contributed by atoms with van der Waals surface area (Å²) in [5.41, 5.74) is 1.11. The fourth-order valence-corrected chi connectivity index (χ4v) is 3.67. The van der Waals surface area contributed by atoms with Gasteiger partial charge in [-0.1, -0.05) is 0 Å². The lowest BCUT2D eigenvalue weighted by molar-refractivity contribution is -0.131. The molecule has 7 heteroatoms. The molecule has 1 unspecified atom stereocenters. The van der Waals surface area contributed by atoms with E-state index >= 15 is 0 Å². The van der Waals surface area contributed by atoms with E-state index in [2.05, 4.69) is 20.9 Å². The van der Waals surface area contributed by atoms with Crippen LogP contribution in [-0.4, -0.2) is 85.2 Å². The summed E-state index contributed by atoms with van der Waals surface area (Å²) >= 11 is 0. The maximum absolute atomic E-state index is 12.2. The Morgan fingerprint density at radius 3 is 2.81 bits per heavy atom. The lowest BCUT2D eigenvalue weighted by Gasteiger charge is -2.33. The normalized spacial score (nSPS) is 21.7. The first-order valence-corrected chi connectivity index (χ1v) is 9.71. The summed E-state index contributed by atoms with van der Waals surface area (Å²) in [5.74, 6) is 2.39. The summed E-state index contributed by atoms with van der Waals surface area (Å²) in [4.78, 5) is 27.9. The molecule has 3 rings (SSSR count). The third-order valence-electron chi connectivity index (χ3n) is 5.36. The molecule has 7 nitrogen and oxygen atoms in total. The van der Waals surface area contributed by atoms with Gasteiger partial charge in [0.15, 0.2) is 0 Å². The van der Waals surface area contributed by atoms with Crippen LogP contribution in [0.25, 0.3) is 0 Å². The molecule has 2 fully saturated rings. The minimum absolute atomic E-state index is 0.195. The molecule has 1 amide bonds. The van der Waals surface area contributed by atoms with E-state index in [1.54, 1.807) is 4.90 Å². The number of hydrogen-bond acceptors (Lipinski definition) is 6. The fraction of sp³-hybridized carbons (Fsp3) is 0.737. The van der Waals surface area contributed by atoms with Crippen LogP contribution in [0.5, 0.6) is 0 Å². The highest BCUT2D eigenvalue weighted by Crippen LogP contribution is 2.28. The first kappa shape index (κ1) is 19.0. The van der Waals surface area contributed by atoms with E-state index in [9.17, 15) is 4.79 Å². The maximum Gasteiger partial charge on any atom is 0.236 e. The zero-order chi connectivity index (χ0) is 18.5. The third-order valence-corrected chi connectivity index (χ3v) is 5.36. The molecule has 2 aliphatic rings. The Bertz CT molecular complexity index is 618. The van der Waals surface area contributed by atoms with Gasteiger partial charge in [-0.2, -0.15) is 0 Å². The van der Waals surface area contributed by atoms with Gasteiger partial charge in [0.1, 0.15) is 11.6 Å². The van der Waals surface area contributed by atoms with Gasteiger partial charge in [-0.15, -0.1) is 0 Å². The molecule has 0 aromatic carbocycles. The van der Waals surface area contributed by atoms with Crippen LogP contribution in [0.3, 0.4) is 0 Å². The number of piperidine rings is 1. The number of nitrogens with zero attached hydrogens (tertiary/aromatic N) is 5. The first-order valence-electron chi connectivity index (χ1n) is 9.71. The number of amides is 1. The molecule has 2 aliphatic heterocycles. The zero-order valence-corrected chi connectivity index (χ0v) is 16.3. The molecule has 1 aromatic heterocycles. The smallest absolute Gasteiger partial charge is 0.236 e. The Hall–Kier alpha value is -1.73. The number of rotatable bonds is 5. The van der Waals surface area contributed by atoms with Crippen molar-refractivity contribution in [2.45, 2.75) is 32.6 Å². The van der Waals surface area contributed by atoms with E-state index in [0.717, 1.165) is 76.1 Å². The van der Waals surface area contributed by atoms with E-state index in [1.165, 1.54) is 0 Å². The first-order chi connectivity index (χ1) is 12.6. The van der Waals surface area contributed by atoms with Crippen molar-refractivity contribution in [1.29, 1.82) is 0 Å². The summed E-state index contributed by atoms with van der Waals surface area (Å²) in [5, 5.41) is 0. The Morgan fingerprint density at radius 1 is 1.31 bits per heavy atom. The van der Waals surface area contributed by atoms with Crippen LogP contribution in [-0.2, 0) is 9.53 Å². The number of likely N-dealkylation sites (N-methyl/N-ethyl adjacent to an activating group) is 1. The average molecular weight is 361 g/mol. The lowest BCUT2D eigenvalue weighted by atomic mass is 9.94. The molecule has 3 heterocycles. The number of carbonyl (C=O) groups excluding carboxylic acids is 1. The number of carbonyl (C=O) groups is 1. The van der Waals surface area contributed by atoms with Gasteiger partial charge in [0.25, 0.3) is 0 Å². The summed E-state index contributed by atoms with van der Waals surface area (Å²) < 4.78 is 5.45. The standard InChI is InChI=1S/C19H31N5O2/c1-4-22(3)19(25)14-23-7-5-6-16(13-23)17-12-18(21-15(2)20-17)24-8-10-26-11-9-24/h12,16H,4-11,13-14H2,1-3H3. The fourth-order valence-electron chi connectivity index (χ4n) is 3.67. The van der Waals surface area contributed by atoms with Crippen molar-refractivity contribution >= 4 is 11.7 Å². The largest absolute Gasteiger partial charge is 0.378 e. The number of aromatic nitrogens is 2. The summed E-state index contributed by atoms with van der Waals surface area (Å²) in [6.45, 7) is 10.4.